The molecule has 2 aliphatic heterocycles. The van der Waals surface area contributed by atoms with Gasteiger partial charge in [0, 0.05) is 30.6 Å². The molecule has 1 saturated heterocycles. The van der Waals surface area contributed by atoms with Gasteiger partial charge in [-0.25, -0.2) is 0 Å². The lowest BCUT2D eigenvalue weighted by Gasteiger charge is -2.40. The van der Waals surface area contributed by atoms with Gasteiger partial charge in [0.15, 0.2) is 0 Å². The first-order chi connectivity index (χ1) is 14.2. The number of hydrogen-bond acceptors (Lipinski definition) is 5. The van der Waals surface area contributed by atoms with Crippen LogP contribution in [0.2, 0.25) is 0 Å². The SMILES string of the molecule is CCNC1Sc2ccccc2N1C1CCN(CCCOc2ccc(C)cc2)CC1. The van der Waals surface area contributed by atoms with Gasteiger partial charge in [-0.3, -0.25) is 5.32 Å². The number of aryl methyl sites for hydroxylation is 1. The third kappa shape index (κ3) is 5.08. The summed E-state index contributed by atoms with van der Waals surface area (Å²) in [5.74, 6) is 0.981. The van der Waals surface area contributed by atoms with E-state index >= 15 is 0 Å². The van der Waals surface area contributed by atoms with Crippen LogP contribution >= 0.6 is 11.8 Å². The Morgan fingerprint density at radius 3 is 2.59 bits per heavy atom. The highest BCUT2D eigenvalue weighted by molar-refractivity contribution is 8.00. The topological polar surface area (TPSA) is 27.7 Å². The molecule has 0 spiro atoms. The lowest BCUT2D eigenvalue weighted by molar-refractivity contribution is 0.189. The molecule has 0 bridgehead atoms. The van der Waals surface area contributed by atoms with Crippen molar-refractivity contribution >= 4 is 17.4 Å². The Morgan fingerprint density at radius 1 is 1.07 bits per heavy atom. The number of anilines is 1. The molecule has 0 aromatic heterocycles. The summed E-state index contributed by atoms with van der Waals surface area (Å²) >= 11 is 1.96. The Morgan fingerprint density at radius 2 is 1.83 bits per heavy atom. The molecule has 1 atom stereocenters. The second-order valence-electron chi connectivity index (χ2n) is 7.99. The van der Waals surface area contributed by atoms with Gasteiger partial charge in [0.1, 0.15) is 11.2 Å². The Balaban J connectivity index is 1.24. The molecule has 5 heteroatoms. The summed E-state index contributed by atoms with van der Waals surface area (Å²) in [7, 11) is 0. The molecule has 4 nitrogen and oxygen atoms in total. The van der Waals surface area contributed by atoms with Crippen molar-refractivity contribution in [3.63, 3.8) is 0 Å². The Kier molecular flexibility index (Phi) is 7.01. The van der Waals surface area contributed by atoms with E-state index in [0.29, 0.717) is 11.5 Å². The number of fused-ring (bicyclic) bond motifs is 1. The number of nitrogens with zero attached hydrogens (tertiary/aromatic N) is 2. The summed E-state index contributed by atoms with van der Waals surface area (Å²) in [5.41, 5.74) is 3.06. The summed E-state index contributed by atoms with van der Waals surface area (Å²) in [5, 5.41) is 3.67. The number of para-hydroxylation sites is 1. The molecule has 4 rings (SSSR count). The number of hydrogen-bond donors (Lipinski definition) is 1. The van der Waals surface area contributed by atoms with Gasteiger partial charge in [-0.2, -0.15) is 0 Å². The van der Waals surface area contributed by atoms with Crippen LogP contribution in [0.25, 0.3) is 0 Å². The summed E-state index contributed by atoms with van der Waals surface area (Å²) in [6.07, 6.45) is 3.55. The molecule has 0 radical (unpaired) electrons. The van der Waals surface area contributed by atoms with Crippen molar-refractivity contribution in [2.45, 2.75) is 49.5 Å². The van der Waals surface area contributed by atoms with Crippen LogP contribution in [0.1, 0.15) is 31.7 Å². The molecule has 0 aliphatic carbocycles. The van der Waals surface area contributed by atoms with Gasteiger partial charge in [-0.1, -0.05) is 48.5 Å². The number of likely N-dealkylation sites (tertiary alicyclic amines) is 1. The van der Waals surface area contributed by atoms with E-state index in [2.05, 4.69) is 77.5 Å². The number of benzene rings is 2. The van der Waals surface area contributed by atoms with Crippen LogP contribution < -0.4 is 15.0 Å². The highest BCUT2D eigenvalue weighted by Gasteiger charge is 2.35. The van der Waals surface area contributed by atoms with Crippen molar-refractivity contribution in [3.05, 3.63) is 54.1 Å². The van der Waals surface area contributed by atoms with Gasteiger partial charge in [-0.15, -0.1) is 0 Å². The van der Waals surface area contributed by atoms with Gasteiger partial charge in [0.25, 0.3) is 0 Å². The van der Waals surface area contributed by atoms with E-state index < -0.39 is 0 Å². The molecule has 2 aromatic carbocycles. The van der Waals surface area contributed by atoms with Crippen molar-refractivity contribution in [2.75, 3.05) is 37.7 Å². The molecule has 29 heavy (non-hydrogen) atoms. The van der Waals surface area contributed by atoms with Crippen LogP contribution in [0, 0.1) is 6.92 Å². The zero-order valence-corrected chi connectivity index (χ0v) is 18.5. The Labute approximate surface area is 179 Å². The average Bonchev–Trinajstić information content (AvgIpc) is 3.11. The monoisotopic (exact) mass is 411 g/mol. The van der Waals surface area contributed by atoms with Gasteiger partial charge in [0.2, 0.25) is 0 Å². The lowest BCUT2D eigenvalue weighted by atomic mass is 10.0. The van der Waals surface area contributed by atoms with Crippen LogP contribution in [0.5, 0.6) is 5.75 Å². The van der Waals surface area contributed by atoms with E-state index in [-0.39, 0.29) is 0 Å². The molecule has 1 unspecified atom stereocenters. The zero-order chi connectivity index (χ0) is 20.1. The number of rotatable bonds is 8. The second kappa shape index (κ2) is 9.88. The minimum absolute atomic E-state index is 0.372. The third-order valence-electron chi connectivity index (χ3n) is 5.87. The predicted octanol–water partition coefficient (Wildman–Crippen LogP) is 4.73. The maximum absolute atomic E-state index is 5.89. The largest absolute Gasteiger partial charge is 0.494 e. The number of piperidine rings is 1. The molecule has 0 amide bonds. The molecule has 2 aromatic rings. The fourth-order valence-corrected chi connectivity index (χ4v) is 5.65. The molecule has 2 aliphatic rings. The minimum atomic E-state index is 0.372. The Bertz CT molecular complexity index is 774. The van der Waals surface area contributed by atoms with Crippen molar-refractivity contribution in [1.82, 2.24) is 10.2 Å². The summed E-state index contributed by atoms with van der Waals surface area (Å²) in [6, 6.07) is 17.8. The molecule has 1 fully saturated rings. The first kappa shape index (κ1) is 20.6. The van der Waals surface area contributed by atoms with Gasteiger partial charge < -0.3 is 14.5 Å². The van der Waals surface area contributed by atoms with Gasteiger partial charge >= 0.3 is 0 Å². The van der Waals surface area contributed by atoms with Crippen LogP contribution in [0.3, 0.4) is 0 Å². The summed E-state index contributed by atoms with van der Waals surface area (Å²) in [4.78, 5) is 6.66. The fraction of sp³-hybridized carbons (Fsp3) is 0.500. The van der Waals surface area contributed by atoms with Crippen molar-refractivity contribution in [2.24, 2.45) is 0 Å². The quantitative estimate of drug-likeness (QED) is 0.634. The first-order valence-corrected chi connectivity index (χ1v) is 11.8. The molecule has 2 heterocycles. The van der Waals surface area contributed by atoms with Crippen molar-refractivity contribution in [3.8, 4) is 5.75 Å². The third-order valence-corrected chi connectivity index (χ3v) is 7.09. The minimum Gasteiger partial charge on any atom is -0.494 e. The van der Waals surface area contributed by atoms with E-state index in [1.165, 1.54) is 42.1 Å². The smallest absolute Gasteiger partial charge is 0.133 e. The number of ether oxygens (including phenoxy) is 1. The first-order valence-electron chi connectivity index (χ1n) is 10.9. The second-order valence-corrected chi connectivity index (χ2v) is 9.11. The molecule has 156 valence electrons. The number of thioether (sulfide) groups is 1. The van der Waals surface area contributed by atoms with Crippen LogP contribution in [-0.2, 0) is 0 Å². The maximum atomic E-state index is 5.89. The molecule has 1 N–H and O–H groups in total. The van der Waals surface area contributed by atoms with E-state index in [0.717, 1.165) is 31.9 Å². The van der Waals surface area contributed by atoms with Gasteiger partial charge in [0.05, 0.1) is 12.3 Å². The highest BCUT2D eigenvalue weighted by Crippen LogP contribution is 2.44. The fourth-order valence-electron chi connectivity index (χ4n) is 4.31. The summed E-state index contributed by atoms with van der Waals surface area (Å²) < 4.78 is 5.89. The molecule has 0 saturated carbocycles. The average molecular weight is 412 g/mol. The van der Waals surface area contributed by atoms with Crippen LogP contribution in [-0.4, -0.2) is 49.2 Å². The molecular weight excluding hydrogens is 378 g/mol. The van der Waals surface area contributed by atoms with E-state index in [1.807, 2.05) is 11.8 Å². The predicted molar refractivity (Wildman–Crippen MR) is 123 cm³/mol. The van der Waals surface area contributed by atoms with Crippen LogP contribution in [0.4, 0.5) is 5.69 Å². The van der Waals surface area contributed by atoms with E-state index in [9.17, 15) is 0 Å². The standard InChI is InChI=1S/C24H33N3OS/c1-3-25-24-27(22-7-4-5-8-23(22)29-24)20-13-16-26(17-14-20)15-6-18-28-21-11-9-19(2)10-12-21/h4-5,7-12,20,24-25H,3,6,13-18H2,1-2H3. The van der Waals surface area contributed by atoms with E-state index in [4.69, 9.17) is 4.74 Å². The normalized spacial score (nSPS) is 20.1. The van der Waals surface area contributed by atoms with Crippen molar-refractivity contribution < 1.29 is 4.74 Å². The van der Waals surface area contributed by atoms with Gasteiger partial charge in [-0.05, 0) is 57.0 Å². The summed E-state index contributed by atoms with van der Waals surface area (Å²) in [6.45, 7) is 9.58. The Hall–Kier alpha value is -1.69. The van der Waals surface area contributed by atoms with Crippen molar-refractivity contribution in [1.29, 1.82) is 0 Å². The molecular formula is C24H33N3OS. The highest BCUT2D eigenvalue weighted by atomic mass is 32.2. The maximum Gasteiger partial charge on any atom is 0.133 e. The number of nitrogens with one attached hydrogen (secondary N) is 1. The van der Waals surface area contributed by atoms with E-state index in [1.54, 1.807) is 0 Å². The van der Waals surface area contributed by atoms with Crippen LogP contribution in [0.15, 0.2) is 53.4 Å². The zero-order valence-electron chi connectivity index (χ0n) is 17.6. The lowest BCUT2D eigenvalue weighted by Crippen LogP contribution is -2.51.